The van der Waals surface area contributed by atoms with Crippen molar-refractivity contribution in [1.29, 1.82) is 5.26 Å². The summed E-state index contributed by atoms with van der Waals surface area (Å²) in [4.78, 5) is 9.93. The molecule has 0 aliphatic heterocycles. The Bertz CT molecular complexity index is 141. The van der Waals surface area contributed by atoms with E-state index in [2.05, 4.69) is 0 Å². The molecule has 0 bridgehead atoms. The highest BCUT2D eigenvalue weighted by atomic mass is 32.2. The van der Waals surface area contributed by atoms with Gasteiger partial charge in [0.05, 0.1) is 6.07 Å². The first kappa shape index (κ1) is 9.31. The maximum absolute atomic E-state index is 9.93. The number of unbranched alkanes of at least 4 members (excludes halogenated alkanes) is 2. The van der Waals surface area contributed by atoms with E-state index in [1.165, 1.54) is 0 Å². The summed E-state index contributed by atoms with van der Waals surface area (Å²) in [5.74, 6) is 0.608. The summed E-state index contributed by atoms with van der Waals surface area (Å²) in [5, 5.41) is 15.4. The Labute approximate surface area is 64.0 Å². The molecule has 1 N–H and O–H groups in total. The molecule has 0 aromatic carbocycles. The second-order valence-corrected chi connectivity index (χ2v) is 2.78. The Balaban J connectivity index is 2.92. The van der Waals surface area contributed by atoms with Crippen LogP contribution in [-0.4, -0.2) is 16.2 Å². The second-order valence-electron chi connectivity index (χ2n) is 1.73. The van der Waals surface area contributed by atoms with E-state index in [1.807, 2.05) is 6.07 Å². The van der Waals surface area contributed by atoms with Crippen molar-refractivity contribution < 1.29 is 9.90 Å². The zero-order valence-electron chi connectivity index (χ0n) is 5.54. The fourth-order valence-corrected chi connectivity index (χ4v) is 0.989. The van der Waals surface area contributed by atoms with E-state index < -0.39 is 5.30 Å². The van der Waals surface area contributed by atoms with Crippen LogP contribution in [0.5, 0.6) is 0 Å². The highest BCUT2D eigenvalue weighted by Crippen LogP contribution is 2.05. The molecule has 0 rings (SSSR count). The molecular weight excluding hydrogens is 150 g/mol. The molecule has 0 unspecified atom stereocenters. The van der Waals surface area contributed by atoms with Gasteiger partial charge in [0.1, 0.15) is 0 Å². The predicted octanol–water partition coefficient (Wildman–Crippen LogP) is 2.09. The second kappa shape index (κ2) is 6.43. The van der Waals surface area contributed by atoms with Crippen LogP contribution in [0, 0.1) is 11.3 Å². The monoisotopic (exact) mass is 159 g/mol. The molecule has 0 aromatic heterocycles. The van der Waals surface area contributed by atoms with Crippen molar-refractivity contribution in [3.8, 4) is 6.07 Å². The molecular formula is C6H9NO2S. The van der Waals surface area contributed by atoms with Crippen LogP contribution in [0.3, 0.4) is 0 Å². The van der Waals surface area contributed by atoms with Crippen molar-refractivity contribution in [3.63, 3.8) is 0 Å². The molecule has 0 spiro atoms. The molecule has 10 heavy (non-hydrogen) atoms. The summed E-state index contributed by atoms with van der Waals surface area (Å²) in [6.07, 6.45) is 2.14. The highest BCUT2D eigenvalue weighted by Gasteiger charge is 1.95. The molecule has 0 atom stereocenters. The van der Waals surface area contributed by atoms with Crippen molar-refractivity contribution in [2.75, 3.05) is 5.75 Å². The Kier molecular flexibility index (Phi) is 5.99. The predicted molar refractivity (Wildman–Crippen MR) is 39.9 cm³/mol. The van der Waals surface area contributed by atoms with Crippen LogP contribution in [0.4, 0.5) is 4.79 Å². The molecule has 0 amide bonds. The number of hydrogen-bond donors (Lipinski definition) is 1. The lowest BCUT2D eigenvalue weighted by Gasteiger charge is -1.91. The number of carbonyl (C=O) groups is 1. The smallest absolute Gasteiger partial charge is 0.364 e. The minimum absolute atomic E-state index is 0.528. The Morgan fingerprint density at radius 2 is 2.30 bits per heavy atom. The number of carboxylic acid groups (broad SMARTS) is 1. The number of rotatable bonds is 4. The van der Waals surface area contributed by atoms with Gasteiger partial charge in [0.15, 0.2) is 0 Å². The first-order valence-corrected chi connectivity index (χ1v) is 3.98. The van der Waals surface area contributed by atoms with Crippen molar-refractivity contribution in [1.82, 2.24) is 0 Å². The topological polar surface area (TPSA) is 61.1 Å². The maximum Gasteiger partial charge on any atom is 0.364 e. The fraction of sp³-hybridized carbons (Fsp3) is 0.667. The van der Waals surface area contributed by atoms with Gasteiger partial charge in [0.25, 0.3) is 0 Å². The van der Waals surface area contributed by atoms with E-state index in [0.29, 0.717) is 12.2 Å². The lowest BCUT2D eigenvalue weighted by atomic mass is 10.3. The summed E-state index contributed by atoms with van der Waals surface area (Å²) in [6.45, 7) is 0. The van der Waals surface area contributed by atoms with Crippen LogP contribution < -0.4 is 0 Å². The first-order chi connectivity index (χ1) is 4.77. The molecule has 0 heterocycles. The van der Waals surface area contributed by atoms with Gasteiger partial charge in [-0.25, -0.2) is 4.79 Å². The van der Waals surface area contributed by atoms with Gasteiger partial charge in [-0.3, -0.25) is 0 Å². The van der Waals surface area contributed by atoms with E-state index in [-0.39, 0.29) is 0 Å². The summed E-state index contributed by atoms with van der Waals surface area (Å²) < 4.78 is 0. The fourth-order valence-electron chi connectivity index (χ4n) is 0.466. The van der Waals surface area contributed by atoms with Crippen LogP contribution in [-0.2, 0) is 0 Å². The third-order valence-electron chi connectivity index (χ3n) is 0.908. The molecule has 0 radical (unpaired) electrons. The normalized spacial score (nSPS) is 8.70. The van der Waals surface area contributed by atoms with Crippen LogP contribution in [0.2, 0.25) is 0 Å². The van der Waals surface area contributed by atoms with Crippen molar-refractivity contribution in [3.05, 3.63) is 0 Å². The molecule has 3 nitrogen and oxygen atoms in total. The van der Waals surface area contributed by atoms with Crippen molar-refractivity contribution in [2.24, 2.45) is 0 Å². The standard InChI is InChI=1S/C6H9NO2S/c7-4-2-1-3-5-10-6(8)9/h1-3,5H2,(H,8,9). The maximum atomic E-state index is 9.93. The average Bonchev–Trinajstić information content (AvgIpc) is 1.87. The van der Waals surface area contributed by atoms with Gasteiger partial charge in [-0.1, -0.05) is 0 Å². The van der Waals surface area contributed by atoms with Gasteiger partial charge in [-0.05, 0) is 24.6 Å². The van der Waals surface area contributed by atoms with Crippen LogP contribution >= 0.6 is 11.8 Å². The van der Waals surface area contributed by atoms with Gasteiger partial charge >= 0.3 is 5.30 Å². The van der Waals surface area contributed by atoms with Crippen LogP contribution in [0.25, 0.3) is 0 Å². The quantitative estimate of drug-likeness (QED) is 0.638. The SMILES string of the molecule is N#CCCCCSC(=O)O. The number of nitriles is 1. The third kappa shape index (κ3) is 7.31. The summed E-state index contributed by atoms with van der Waals surface area (Å²) in [6, 6.07) is 2.00. The molecule has 56 valence electrons. The zero-order valence-corrected chi connectivity index (χ0v) is 6.36. The van der Waals surface area contributed by atoms with E-state index in [4.69, 9.17) is 10.4 Å². The van der Waals surface area contributed by atoms with E-state index in [9.17, 15) is 4.79 Å². The largest absolute Gasteiger partial charge is 0.473 e. The first-order valence-electron chi connectivity index (χ1n) is 3.00. The molecule has 0 saturated heterocycles. The van der Waals surface area contributed by atoms with Crippen molar-refractivity contribution >= 4 is 17.1 Å². The van der Waals surface area contributed by atoms with E-state index in [0.717, 1.165) is 24.6 Å². The van der Waals surface area contributed by atoms with Gasteiger partial charge < -0.3 is 5.11 Å². The lowest BCUT2D eigenvalue weighted by Crippen LogP contribution is -1.87. The Morgan fingerprint density at radius 3 is 2.80 bits per heavy atom. The van der Waals surface area contributed by atoms with Gasteiger partial charge in [-0.15, -0.1) is 0 Å². The highest BCUT2D eigenvalue weighted by molar-refractivity contribution is 8.13. The van der Waals surface area contributed by atoms with Gasteiger partial charge in [-0.2, -0.15) is 5.26 Å². The number of hydrogen-bond acceptors (Lipinski definition) is 3. The summed E-state index contributed by atoms with van der Waals surface area (Å²) in [5.41, 5.74) is 0. The minimum Gasteiger partial charge on any atom is -0.473 e. The average molecular weight is 159 g/mol. The molecule has 4 heteroatoms. The number of nitrogens with zero attached hydrogens (tertiary/aromatic N) is 1. The van der Waals surface area contributed by atoms with E-state index >= 15 is 0 Å². The van der Waals surface area contributed by atoms with Gasteiger partial charge in [0, 0.05) is 12.2 Å². The summed E-state index contributed by atoms with van der Waals surface area (Å²) in [7, 11) is 0. The third-order valence-corrected chi connectivity index (χ3v) is 1.65. The number of thioether (sulfide) groups is 1. The Morgan fingerprint density at radius 1 is 1.60 bits per heavy atom. The molecule has 0 fully saturated rings. The zero-order chi connectivity index (χ0) is 7.82. The Hall–Kier alpha value is -0.690. The van der Waals surface area contributed by atoms with Crippen LogP contribution in [0.15, 0.2) is 0 Å². The molecule has 0 aliphatic carbocycles. The van der Waals surface area contributed by atoms with Crippen LogP contribution in [0.1, 0.15) is 19.3 Å². The van der Waals surface area contributed by atoms with E-state index in [1.54, 1.807) is 0 Å². The van der Waals surface area contributed by atoms with Crippen molar-refractivity contribution in [2.45, 2.75) is 19.3 Å². The minimum atomic E-state index is -0.836. The molecule has 0 aliphatic rings. The summed E-state index contributed by atoms with van der Waals surface area (Å²) >= 11 is 0.889. The molecule has 0 aromatic rings. The van der Waals surface area contributed by atoms with Gasteiger partial charge in [0.2, 0.25) is 0 Å². The lowest BCUT2D eigenvalue weighted by molar-refractivity contribution is 0.222. The molecule has 0 saturated carbocycles.